The van der Waals surface area contributed by atoms with Crippen LogP contribution in [0.4, 0.5) is 5.95 Å². The Labute approximate surface area is 145 Å². The fraction of sp³-hybridized carbons (Fsp3) is 0.125. The summed E-state index contributed by atoms with van der Waals surface area (Å²) in [6, 6.07) is 11.0. The fourth-order valence-electron chi connectivity index (χ4n) is 2.69. The van der Waals surface area contributed by atoms with Gasteiger partial charge in [-0.15, -0.1) is 5.10 Å². The third kappa shape index (κ3) is 2.65. The van der Waals surface area contributed by atoms with Gasteiger partial charge in [0.15, 0.2) is 5.65 Å². The lowest BCUT2D eigenvalue weighted by molar-refractivity contribution is -0.117. The Morgan fingerprint density at radius 2 is 2.08 bits per heavy atom. The second-order valence-corrected chi connectivity index (χ2v) is 6.37. The summed E-state index contributed by atoms with van der Waals surface area (Å²) < 4.78 is 2.43. The lowest BCUT2D eigenvalue weighted by Crippen LogP contribution is -2.33. The van der Waals surface area contributed by atoms with Crippen molar-refractivity contribution < 1.29 is 9.59 Å². The Morgan fingerprint density at radius 1 is 1.25 bits per heavy atom. The minimum atomic E-state index is -0.328. The molecule has 0 bridgehead atoms. The van der Waals surface area contributed by atoms with Crippen LogP contribution in [0.25, 0.3) is 5.65 Å². The van der Waals surface area contributed by atoms with E-state index in [-0.39, 0.29) is 24.3 Å². The van der Waals surface area contributed by atoms with Crippen LogP contribution in [0.15, 0.2) is 47.1 Å². The van der Waals surface area contributed by atoms with Gasteiger partial charge in [0.25, 0.3) is 5.91 Å². The minimum absolute atomic E-state index is 0.0350. The fourth-order valence-corrected chi connectivity index (χ4v) is 3.02. The number of hydrogen-bond donors (Lipinski definition) is 1. The van der Waals surface area contributed by atoms with Crippen molar-refractivity contribution in [3.05, 3.63) is 58.2 Å². The first kappa shape index (κ1) is 14.8. The number of nitrogens with one attached hydrogen (secondary N) is 1. The average Bonchev–Trinajstić information content (AvgIpc) is 3.08. The van der Waals surface area contributed by atoms with Gasteiger partial charge in [-0.2, -0.15) is 4.98 Å². The van der Waals surface area contributed by atoms with Crippen LogP contribution in [0.3, 0.4) is 0 Å². The standard InChI is InChI=1S/C16H12BrN5O2/c17-11-5-6-13-18-16(20-22(13)8-11)19-14(23)9-21-7-10-3-1-2-4-12(10)15(21)24/h1-6,8H,7,9H2,(H,19,20,23). The molecule has 0 radical (unpaired) electrons. The average molecular weight is 386 g/mol. The van der Waals surface area contributed by atoms with E-state index in [4.69, 9.17) is 0 Å². The number of nitrogens with zero attached hydrogens (tertiary/aromatic N) is 4. The zero-order valence-electron chi connectivity index (χ0n) is 12.4. The van der Waals surface area contributed by atoms with Crippen molar-refractivity contribution in [2.75, 3.05) is 11.9 Å². The predicted octanol–water partition coefficient (Wildman–Crippen LogP) is 2.09. The van der Waals surface area contributed by atoms with Gasteiger partial charge in [-0.25, -0.2) is 4.52 Å². The molecule has 4 rings (SSSR count). The highest BCUT2D eigenvalue weighted by atomic mass is 79.9. The molecule has 1 aliphatic rings. The molecule has 0 saturated carbocycles. The number of pyridine rings is 1. The van der Waals surface area contributed by atoms with E-state index in [0.29, 0.717) is 17.8 Å². The van der Waals surface area contributed by atoms with Gasteiger partial charge in [-0.3, -0.25) is 14.9 Å². The summed E-state index contributed by atoms with van der Waals surface area (Å²) in [4.78, 5) is 30.2. The van der Waals surface area contributed by atoms with Gasteiger partial charge < -0.3 is 4.90 Å². The number of amides is 2. The minimum Gasteiger partial charge on any atom is -0.325 e. The van der Waals surface area contributed by atoms with E-state index in [0.717, 1.165) is 10.0 Å². The van der Waals surface area contributed by atoms with E-state index in [1.165, 1.54) is 4.90 Å². The van der Waals surface area contributed by atoms with E-state index >= 15 is 0 Å². The molecule has 2 aromatic heterocycles. The molecule has 2 amide bonds. The van der Waals surface area contributed by atoms with Crippen molar-refractivity contribution in [3.63, 3.8) is 0 Å². The van der Waals surface area contributed by atoms with Crippen LogP contribution in [0.5, 0.6) is 0 Å². The Hall–Kier alpha value is -2.74. The van der Waals surface area contributed by atoms with E-state index < -0.39 is 0 Å². The molecule has 7 nitrogen and oxygen atoms in total. The Morgan fingerprint density at radius 3 is 2.92 bits per heavy atom. The van der Waals surface area contributed by atoms with Crippen molar-refractivity contribution in [2.45, 2.75) is 6.54 Å². The maximum Gasteiger partial charge on any atom is 0.254 e. The largest absolute Gasteiger partial charge is 0.325 e. The second kappa shape index (κ2) is 5.72. The highest BCUT2D eigenvalue weighted by Gasteiger charge is 2.28. The van der Waals surface area contributed by atoms with Crippen molar-refractivity contribution in [1.82, 2.24) is 19.5 Å². The quantitative estimate of drug-likeness (QED) is 0.748. The van der Waals surface area contributed by atoms with Crippen molar-refractivity contribution in [2.24, 2.45) is 0 Å². The molecule has 0 fully saturated rings. The van der Waals surface area contributed by atoms with Crippen molar-refractivity contribution >= 4 is 39.3 Å². The first-order valence-corrected chi connectivity index (χ1v) is 8.08. The summed E-state index contributed by atoms with van der Waals surface area (Å²) in [5, 5.41) is 6.82. The molecule has 3 aromatic rings. The predicted molar refractivity (Wildman–Crippen MR) is 90.5 cm³/mol. The van der Waals surface area contributed by atoms with E-state index in [9.17, 15) is 9.59 Å². The second-order valence-electron chi connectivity index (χ2n) is 5.45. The normalized spacial score (nSPS) is 13.4. The summed E-state index contributed by atoms with van der Waals surface area (Å²) in [7, 11) is 0. The SMILES string of the molecule is O=C(CN1Cc2ccccc2C1=O)Nc1nc2ccc(Br)cn2n1. The van der Waals surface area contributed by atoms with Crippen LogP contribution < -0.4 is 5.32 Å². The molecule has 0 saturated heterocycles. The lowest BCUT2D eigenvalue weighted by atomic mass is 10.1. The molecule has 120 valence electrons. The molecule has 0 atom stereocenters. The smallest absolute Gasteiger partial charge is 0.254 e. The van der Waals surface area contributed by atoms with Gasteiger partial charge in [-0.05, 0) is 39.7 Å². The Bertz CT molecular complexity index is 968. The molecule has 1 N–H and O–H groups in total. The van der Waals surface area contributed by atoms with Crippen molar-refractivity contribution in [1.29, 1.82) is 0 Å². The zero-order valence-corrected chi connectivity index (χ0v) is 14.0. The molecule has 0 spiro atoms. The number of carbonyl (C=O) groups excluding carboxylic acids is 2. The molecule has 1 aliphatic heterocycles. The maximum atomic E-state index is 12.3. The number of hydrogen-bond acceptors (Lipinski definition) is 4. The van der Waals surface area contributed by atoms with E-state index in [2.05, 4.69) is 31.3 Å². The number of rotatable bonds is 3. The number of aromatic nitrogens is 3. The Balaban J connectivity index is 1.46. The topological polar surface area (TPSA) is 79.6 Å². The van der Waals surface area contributed by atoms with E-state index in [1.807, 2.05) is 24.3 Å². The lowest BCUT2D eigenvalue weighted by Gasteiger charge is -2.14. The molecule has 3 heterocycles. The van der Waals surface area contributed by atoms with Gasteiger partial charge in [0.2, 0.25) is 11.9 Å². The number of halogens is 1. The monoisotopic (exact) mass is 385 g/mol. The molecule has 8 heteroatoms. The number of carbonyl (C=O) groups is 2. The third-order valence-corrected chi connectivity index (χ3v) is 4.25. The number of benzene rings is 1. The molecule has 1 aromatic carbocycles. The number of anilines is 1. The van der Waals surface area contributed by atoms with Crippen LogP contribution in [-0.4, -0.2) is 37.9 Å². The highest BCUT2D eigenvalue weighted by Crippen LogP contribution is 2.22. The molecule has 0 aliphatic carbocycles. The summed E-state index contributed by atoms with van der Waals surface area (Å²) in [5.74, 6) is -0.249. The summed E-state index contributed by atoms with van der Waals surface area (Å²) in [5.41, 5.74) is 2.21. The third-order valence-electron chi connectivity index (χ3n) is 3.78. The van der Waals surface area contributed by atoms with Crippen LogP contribution in [0, 0.1) is 0 Å². The van der Waals surface area contributed by atoms with E-state index in [1.54, 1.807) is 22.8 Å². The van der Waals surface area contributed by atoms with Gasteiger partial charge in [0, 0.05) is 22.8 Å². The highest BCUT2D eigenvalue weighted by molar-refractivity contribution is 9.10. The summed E-state index contributed by atoms with van der Waals surface area (Å²) >= 11 is 3.35. The molecule has 0 unspecified atom stereocenters. The molecular weight excluding hydrogens is 374 g/mol. The summed E-state index contributed by atoms with van der Waals surface area (Å²) in [6.07, 6.45) is 1.75. The number of fused-ring (bicyclic) bond motifs is 2. The first-order valence-electron chi connectivity index (χ1n) is 7.29. The van der Waals surface area contributed by atoms with Gasteiger partial charge in [0.1, 0.15) is 6.54 Å². The van der Waals surface area contributed by atoms with Gasteiger partial charge >= 0.3 is 0 Å². The first-order chi connectivity index (χ1) is 11.6. The zero-order chi connectivity index (χ0) is 16.7. The van der Waals surface area contributed by atoms with Crippen molar-refractivity contribution in [3.8, 4) is 0 Å². The molecular formula is C16H12BrN5O2. The van der Waals surface area contributed by atoms with Gasteiger partial charge in [0.05, 0.1) is 0 Å². The van der Waals surface area contributed by atoms with Crippen LogP contribution in [-0.2, 0) is 11.3 Å². The van der Waals surface area contributed by atoms with Crippen LogP contribution in [0.1, 0.15) is 15.9 Å². The summed E-state index contributed by atoms with van der Waals surface area (Å²) in [6.45, 7) is 0.403. The maximum absolute atomic E-state index is 12.3. The van der Waals surface area contributed by atoms with Crippen LogP contribution in [0.2, 0.25) is 0 Å². The van der Waals surface area contributed by atoms with Crippen LogP contribution >= 0.6 is 15.9 Å². The van der Waals surface area contributed by atoms with Gasteiger partial charge in [-0.1, -0.05) is 18.2 Å². The molecule has 24 heavy (non-hydrogen) atoms. The Kier molecular flexibility index (Phi) is 3.53.